The number of likely N-dealkylation sites (tertiary alicyclic amines) is 1. The second-order valence-corrected chi connectivity index (χ2v) is 4.21. The number of methoxy groups -OCH3 is 1. The normalized spacial score (nSPS) is 23.4. The van der Waals surface area contributed by atoms with E-state index in [1.165, 1.54) is 18.1 Å². The predicted octanol–water partition coefficient (Wildman–Crippen LogP) is 0.363. The van der Waals surface area contributed by atoms with Crippen molar-refractivity contribution in [1.29, 1.82) is 0 Å². The Morgan fingerprint density at radius 3 is 2.78 bits per heavy atom. The van der Waals surface area contributed by atoms with E-state index in [0.29, 0.717) is 0 Å². The number of carbonyl (C=O) groups is 1. The van der Waals surface area contributed by atoms with Crippen LogP contribution in [0.15, 0.2) is 18.2 Å². The molecule has 0 radical (unpaired) electrons. The molecule has 0 spiro atoms. The molecule has 2 atom stereocenters. The lowest BCUT2D eigenvalue weighted by Gasteiger charge is -2.16. The van der Waals surface area contributed by atoms with Crippen molar-refractivity contribution >= 4 is 5.91 Å². The van der Waals surface area contributed by atoms with E-state index in [4.69, 9.17) is 4.74 Å². The molecule has 0 saturated carbocycles. The lowest BCUT2D eigenvalue weighted by Crippen LogP contribution is -2.30. The highest BCUT2D eigenvalue weighted by Gasteiger charge is 2.35. The Labute approximate surface area is 103 Å². The van der Waals surface area contributed by atoms with Gasteiger partial charge in [-0.05, 0) is 12.1 Å². The smallest absolute Gasteiger partial charge is 0.257 e. The summed E-state index contributed by atoms with van der Waals surface area (Å²) in [6.45, 7) is 0.376. The molecule has 1 aliphatic heterocycles. The number of aliphatic hydroxyl groups excluding tert-OH is 1. The monoisotopic (exact) mass is 255 g/mol. The summed E-state index contributed by atoms with van der Waals surface area (Å²) < 4.78 is 17.8. The van der Waals surface area contributed by atoms with E-state index in [1.54, 1.807) is 0 Å². The molecule has 5 nitrogen and oxygen atoms in total. The number of benzene rings is 1. The topological polar surface area (TPSA) is 70.0 Å². The van der Waals surface area contributed by atoms with Crippen LogP contribution in [0.4, 0.5) is 4.39 Å². The minimum absolute atomic E-state index is 0.0142. The Kier molecular flexibility index (Phi) is 3.49. The van der Waals surface area contributed by atoms with E-state index in [2.05, 4.69) is 0 Å². The van der Waals surface area contributed by atoms with Crippen LogP contribution in [0.25, 0.3) is 0 Å². The highest BCUT2D eigenvalue weighted by molar-refractivity contribution is 5.97. The van der Waals surface area contributed by atoms with Crippen LogP contribution >= 0.6 is 0 Å². The minimum atomic E-state index is -0.749. The van der Waals surface area contributed by atoms with E-state index in [1.807, 2.05) is 0 Å². The zero-order chi connectivity index (χ0) is 13.3. The second kappa shape index (κ2) is 4.91. The maximum Gasteiger partial charge on any atom is 0.257 e. The largest absolute Gasteiger partial charge is 0.507 e. The summed E-state index contributed by atoms with van der Waals surface area (Å²) in [4.78, 5) is 13.4. The molecule has 1 heterocycles. The summed E-state index contributed by atoms with van der Waals surface area (Å²) >= 11 is 0. The first-order chi connectivity index (χ1) is 8.52. The first-order valence-corrected chi connectivity index (χ1v) is 5.51. The molecule has 1 aliphatic rings. The zero-order valence-corrected chi connectivity index (χ0v) is 9.84. The average molecular weight is 255 g/mol. The van der Waals surface area contributed by atoms with Crippen LogP contribution in [0.5, 0.6) is 5.75 Å². The van der Waals surface area contributed by atoms with Crippen molar-refractivity contribution in [3.05, 3.63) is 29.6 Å². The molecule has 1 saturated heterocycles. The number of ether oxygens (including phenoxy) is 1. The lowest BCUT2D eigenvalue weighted by atomic mass is 10.1. The molecule has 2 N–H and O–H groups in total. The first-order valence-electron chi connectivity index (χ1n) is 5.51. The Morgan fingerprint density at radius 1 is 1.50 bits per heavy atom. The molecule has 18 heavy (non-hydrogen) atoms. The van der Waals surface area contributed by atoms with Crippen molar-refractivity contribution in [3.63, 3.8) is 0 Å². The number of rotatable bonds is 2. The number of amides is 1. The molecule has 2 rings (SSSR count). The van der Waals surface area contributed by atoms with Crippen LogP contribution < -0.4 is 0 Å². The van der Waals surface area contributed by atoms with Gasteiger partial charge in [-0.1, -0.05) is 0 Å². The fourth-order valence-corrected chi connectivity index (χ4v) is 2.01. The lowest BCUT2D eigenvalue weighted by molar-refractivity contribution is 0.0215. The number of nitrogens with zero attached hydrogens (tertiary/aromatic N) is 1. The third kappa shape index (κ3) is 2.30. The number of aromatic hydroxyl groups is 1. The van der Waals surface area contributed by atoms with Gasteiger partial charge in [-0.3, -0.25) is 4.79 Å². The van der Waals surface area contributed by atoms with Gasteiger partial charge in [0.15, 0.2) is 0 Å². The second-order valence-electron chi connectivity index (χ2n) is 4.21. The number of halogens is 1. The number of hydrogen-bond donors (Lipinski definition) is 2. The van der Waals surface area contributed by atoms with Crippen LogP contribution in [0.1, 0.15) is 10.4 Å². The molecule has 0 unspecified atom stereocenters. The molecule has 1 aromatic carbocycles. The Morgan fingerprint density at radius 2 is 2.22 bits per heavy atom. The third-order valence-corrected chi connectivity index (χ3v) is 3.02. The summed E-state index contributed by atoms with van der Waals surface area (Å²) in [6, 6.07) is 3.21. The number of phenolic OH excluding ortho intramolecular Hbond substituents is 1. The summed E-state index contributed by atoms with van der Waals surface area (Å²) in [5.74, 6) is -1.47. The van der Waals surface area contributed by atoms with Gasteiger partial charge in [0.2, 0.25) is 0 Å². The molecule has 1 fully saturated rings. The van der Waals surface area contributed by atoms with Gasteiger partial charge in [0.25, 0.3) is 5.91 Å². The summed E-state index contributed by atoms with van der Waals surface area (Å²) in [7, 11) is 1.46. The highest BCUT2D eigenvalue weighted by Crippen LogP contribution is 2.22. The van der Waals surface area contributed by atoms with Gasteiger partial charge in [0.05, 0.1) is 11.7 Å². The average Bonchev–Trinajstić information content (AvgIpc) is 2.70. The van der Waals surface area contributed by atoms with Gasteiger partial charge >= 0.3 is 0 Å². The van der Waals surface area contributed by atoms with E-state index in [0.717, 1.165) is 12.1 Å². The van der Waals surface area contributed by atoms with Crippen LogP contribution in [0, 0.1) is 5.82 Å². The predicted molar refractivity (Wildman–Crippen MR) is 60.8 cm³/mol. The van der Waals surface area contributed by atoms with Crippen LogP contribution in [-0.4, -0.2) is 53.4 Å². The molecule has 98 valence electrons. The molecular weight excluding hydrogens is 241 g/mol. The van der Waals surface area contributed by atoms with Gasteiger partial charge in [-0.25, -0.2) is 4.39 Å². The van der Waals surface area contributed by atoms with Crippen LogP contribution in [-0.2, 0) is 4.74 Å². The summed E-state index contributed by atoms with van der Waals surface area (Å²) in [6.07, 6.45) is -1.18. The first kappa shape index (κ1) is 12.8. The fourth-order valence-electron chi connectivity index (χ4n) is 2.01. The molecular formula is C12H14FNO4. The van der Waals surface area contributed by atoms with Crippen LogP contribution in [0.2, 0.25) is 0 Å². The van der Waals surface area contributed by atoms with Gasteiger partial charge in [0.1, 0.15) is 17.7 Å². The molecule has 1 aromatic rings. The molecule has 0 bridgehead atoms. The van der Waals surface area contributed by atoms with Gasteiger partial charge in [-0.2, -0.15) is 0 Å². The SMILES string of the molecule is CO[C@@H]1CN(C(=O)c2ccc(F)cc2O)C[C@H]1O. The Balaban J connectivity index is 2.17. The number of carbonyl (C=O) groups excluding carboxylic acids is 1. The minimum Gasteiger partial charge on any atom is -0.507 e. The zero-order valence-electron chi connectivity index (χ0n) is 9.84. The Hall–Kier alpha value is -1.66. The van der Waals surface area contributed by atoms with Crippen molar-refractivity contribution in [1.82, 2.24) is 4.90 Å². The van der Waals surface area contributed by atoms with E-state index in [9.17, 15) is 19.4 Å². The van der Waals surface area contributed by atoms with E-state index < -0.39 is 29.7 Å². The van der Waals surface area contributed by atoms with Crippen molar-refractivity contribution in [3.8, 4) is 5.75 Å². The number of hydrogen-bond acceptors (Lipinski definition) is 4. The maximum atomic E-state index is 12.8. The molecule has 0 aromatic heterocycles. The molecule has 0 aliphatic carbocycles. The van der Waals surface area contributed by atoms with Crippen molar-refractivity contribution < 1.29 is 24.1 Å². The fraction of sp³-hybridized carbons (Fsp3) is 0.417. The van der Waals surface area contributed by atoms with E-state index >= 15 is 0 Å². The van der Waals surface area contributed by atoms with E-state index in [-0.39, 0.29) is 18.7 Å². The van der Waals surface area contributed by atoms with Crippen LogP contribution in [0.3, 0.4) is 0 Å². The summed E-state index contributed by atoms with van der Waals surface area (Å²) in [5.41, 5.74) is 0.0142. The number of β-amino-alcohol motifs (C(OH)–C–C–N with tert-alkyl or cyclic N) is 1. The highest BCUT2D eigenvalue weighted by atomic mass is 19.1. The summed E-state index contributed by atoms with van der Waals surface area (Å²) in [5, 5.41) is 19.2. The molecule has 1 amide bonds. The number of phenols is 1. The van der Waals surface area contributed by atoms with Gasteiger partial charge in [0, 0.05) is 26.3 Å². The van der Waals surface area contributed by atoms with Crippen molar-refractivity contribution in [2.24, 2.45) is 0 Å². The number of aliphatic hydroxyl groups is 1. The molecule has 6 heteroatoms. The third-order valence-electron chi connectivity index (χ3n) is 3.02. The standard InChI is InChI=1S/C12H14FNO4/c1-18-11-6-14(5-10(11)16)12(17)8-3-2-7(13)4-9(8)15/h2-4,10-11,15-16H,5-6H2,1H3/t10-,11-/m1/s1. The Bertz CT molecular complexity index is 465. The van der Waals surface area contributed by atoms with Gasteiger partial charge in [-0.15, -0.1) is 0 Å². The van der Waals surface area contributed by atoms with Gasteiger partial charge < -0.3 is 19.8 Å². The van der Waals surface area contributed by atoms with Crippen molar-refractivity contribution in [2.75, 3.05) is 20.2 Å². The quantitative estimate of drug-likeness (QED) is 0.800. The maximum absolute atomic E-state index is 12.8. The van der Waals surface area contributed by atoms with Crippen molar-refractivity contribution in [2.45, 2.75) is 12.2 Å².